The van der Waals surface area contributed by atoms with Gasteiger partial charge in [-0.1, -0.05) is 12.1 Å². The molecule has 3 heterocycles. The van der Waals surface area contributed by atoms with Crippen LogP contribution in [-0.2, 0) is 6.42 Å². The Morgan fingerprint density at radius 1 is 0.375 bits per heavy atom. The SMILES string of the molecule is Oc1cc(O)c2c(c1)OC(c1cc(O)c(O)c(O)c1)C(O)C2c1c(O)cc(O)c2c1OC(c1ccc(O)c(O)c1)C(O)C2c1c(O)cc(O)c2c1OC(c1ccc(O)c(O)c1)C(O)C2. The van der Waals surface area contributed by atoms with Crippen LogP contribution in [0.25, 0.3) is 0 Å². The van der Waals surface area contributed by atoms with Gasteiger partial charge in [-0.15, -0.1) is 0 Å². The third-order valence-corrected chi connectivity index (χ3v) is 11.9. The molecule has 3 aliphatic heterocycles. The third kappa shape index (κ3) is 6.40. The van der Waals surface area contributed by atoms with E-state index >= 15 is 0 Å². The zero-order valence-electron chi connectivity index (χ0n) is 32.6. The first kappa shape index (κ1) is 41.4. The van der Waals surface area contributed by atoms with Gasteiger partial charge < -0.3 is 95.9 Å². The molecule has 8 unspecified atom stereocenters. The largest absolute Gasteiger partial charge is 0.508 e. The van der Waals surface area contributed by atoms with Crippen LogP contribution >= 0.6 is 0 Å². The summed E-state index contributed by atoms with van der Waals surface area (Å²) in [4.78, 5) is 0. The smallest absolute Gasteiger partial charge is 0.200 e. The van der Waals surface area contributed by atoms with E-state index < -0.39 is 140 Å². The van der Waals surface area contributed by atoms with E-state index in [1.807, 2.05) is 0 Å². The Bertz CT molecular complexity index is 2870. The molecule has 0 aliphatic carbocycles. The molecule has 0 spiro atoms. The van der Waals surface area contributed by atoms with Gasteiger partial charge in [-0.3, -0.25) is 0 Å². The van der Waals surface area contributed by atoms with Crippen LogP contribution in [-0.4, -0.2) is 100 Å². The number of hydrogen-bond donors (Lipinski definition) is 16. The summed E-state index contributed by atoms with van der Waals surface area (Å²) in [7, 11) is 0. The summed E-state index contributed by atoms with van der Waals surface area (Å²) < 4.78 is 18.8. The van der Waals surface area contributed by atoms with Crippen LogP contribution < -0.4 is 14.2 Å². The first-order valence-electron chi connectivity index (χ1n) is 19.4. The monoisotopic (exact) mass is 882 g/mol. The van der Waals surface area contributed by atoms with Crippen molar-refractivity contribution in [2.24, 2.45) is 0 Å². The minimum atomic E-state index is -1.96. The Morgan fingerprint density at radius 3 is 1.39 bits per heavy atom. The highest BCUT2D eigenvalue weighted by atomic mass is 16.5. The van der Waals surface area contributed by atoms with Gasteiger partial charge in [0.2, 0.25) is 0 Å². The zero-order chi connectivity index (χ0) is 45.8. The molecule has 16 N–H and O–H groups in total. The zero-order valence-corrected chi connectivity index (χ0v) is 32.6. The number of fused-ring (bicyclic) bond motifs is 3. The van der Waals surface area contributed by atoms with E-state index in [0.29, 0.717) is 0 Å². The van der Waals surface area contributed by atoms with Crippen molar-refractivity contribution in [3.05, 3.63) is 117 Å². The molecule has 332 valence electrons. The molecule has 6 aromatic carbocycles. The number of rotatable bonds is 5. The fourth-order valence-corrected chi connectivity index (χ4v) is 9.01. The molecule has 9 rings (SSSR count). The van der Waals surface area contributed by atoms with E-state index in [0.717, 1.165) is 60.7 Å². The quantitative estimate of drug-likeness (QED) is 0.108. The number of phenols is 13. The van der Waals surface area contributed by atoms with Gasteiger partial charge in [0.05, 0.1) is 17.9 Å². The summed E-state index contributed by atoms with van der Waals surface area (Å²) in [5.41, 5.74) is -1.58. The van der Waals surface area contributed by atoms with Crippen LogP contribution in [0, 0.1) is 0 Å². The van der Waals surface area contributed by atoms with E-state index in [4.69, 9.17) is 14.2 Å². The first-order chi connectivity index (χ1) is 30.3. The molecule has 19 heteroatoms. The maximum atomic E-state index is 12.5. The van der Waals surface area contributed by atoms with Crippen molar-refractivity contribution in [1.29, 1.82) is 0 Å². The van der Waals surface area contributed by atoms with Gasteiger partial charge in [-0.2, -0.15) is 0 Å². The highest BCUT2D eigenvalue weighted by molar-refractivity contribution is 5.71. The molecule has 19 nitrogen and oxygen atoms in total. The number of aliphatic hydroxyl groups excluding tert-OH is 3. The average Bonchev–Trinajstić information content (AvgIpc) is 3.23. The Morgan fingerprint density at radius 2 is 0.828 bits per heavy atom. The molecule has 0 saturated carbocycles. The number of aromatic hydroxyl groups is 13. The lowest BCUT2D eigenvalue weighted by atomic mass is 9.73. The highest BCUT2D eigenvalue weighted by Crippen LogP contribution is 2.62. The van der Waals surface area contributed by atoms with Crippen LogP contribution in [0.3, 0.4) is 0 Å². The average molecular weight is 883 g/mol. The predicted octanol–water partition coefficient (Wildman–Crippen LogP) is 4.15. The lowest BCUT2D eigenvalue weighted by molar-refractivity contribution is -0.00565. The molecule has 6 aromatic rings. The van der Waals surface area contributed by atoms with Gasteiger partial charge in [-0.25, -0.2) is 0 Å². The van der Waals surface area contributed by atoms with Gasteiger partial charge in [-0.05, 0) is 47.5 Å². The summed E-state index contributed by atoms with van der Waals surface area (Å²) in [6.07, 6.45) is -10.3. The van der Waals surface area contributed by atoms with Gasteiger partial charge >= 0.3 is 0 Å². The predicted molar refractivity (Wildman–Crippen MR) is 216 cm³/mol. The van der Waals surface area contributed by atoms with Crippen molar-refractivity contribution in [2.45, 2.75) is 54.9 Å². The number of hydrogen-bond acceptors (Lipinski definition) is 19. The third-order valence-electron chi connectivity index (χ3n) is 11.9. The standard InChI is InChI=1S/C45H38O19/c46-17-9-24(52)32-31(10-17)62-43(16-7-28(56)38(59)29(57)8-16)39(60)36(32)34-26(54)13-27(55)35-37(40(61)42(64-45(34)35)15-2-4-20(48)23(51)6-15)33-25(53)12-21(49)18-11-30(58)41(63-44(18)33)14-1-3-19(47)22(50)5-14/h1-10,12-13,30,36-37,39-43,46-61H,11H2. The van der Waals surface area contributed by atoms with Crippen LogP contribution in [0.1, 0.15) is 74.7 Å². The van der Waals surface area contributed by atoms with E-state index in [1.54, 1.807) is 0 Å². The minimum absolute atomic E-state index is 0.0400. The molecule has 0 bridgehead atoms. The van der Waals surface area contributed by atoms with Crippen molar-refractivity contribution in [1.82, 2.24) is 0 Å². The van der Waals surface area contributed by atoms with E-state index in [2.05, 4.69) is 0 Å². The Labute approximate surface area is 359 Å². The second kappa shape index (κ2) is 14.8. The van der Waals surface area contributed by atoms with Gasteiger partial charge in [0.15, 0.2) is 52.5 Å². The molecular formula is C45H38O19. The molecule has 64 heavy (non-hydrogen) atoms. The summed E-state index contributed by atoms with van der Waals surface area (Å²) in [6, 6.07) is 12.5. The van der Waals surface area contributed by atoms with Gasteiger partial charge in [0.1, 0.15) is 70.1 Å². The number of benzene rings is 6. The number of phenolic OH excluding ortho intramolecular Hbond substituents is 13. The minimum Gasteiger partial charge on any atom is -0.508 e. The molecular weight excluding hydrogens is 844 g/mol. The van der Waals surface area contributed by atoms with Crippen molar-refractivity contribution >= 4 is 0 Å². The summed E-state index contributed by atoms with van der Waals surface area (Å²) in [5, 5.41) is 177. The Balaban J connectivity index is 1.31. The van der Waals surface area contributed by atoms with E-state index in [1.165, 1.54) is 12.1 Å². The van der Waals surface area contributed by atoms with E-state index in [-0.39, 0.29) is 51.3 Å². The van der Waals surface area contributed by atoms with Crippen LogP contribution in [0.5, 0.6) is 92.0 Å². The van der Waals surface area contributed by atoms with Crippen molar-refractivity contribution < 1.29 is 95.9 Å². The number of ether oxygens (including phenoxy) is 3. The van der Waals surface area contributed by atoms with Crippen LogP contribution in [0.2, 0.25) is 0 Å². The highest BCUT2D eigenvalue weighted by Gasteiger charge is 2.51. The number of aliphatic hydroxyl groups is 3. The second-order valence-corrected chi connectivity index (χ2v) is 15.8. The topological polar surface area (TPSA) is 351 Å². The van der Waals surface area contributed by atoms with Crippen molar-refractivity contribution in [3.63, 3.8) is 0 Å². The van der Waals surface area contributed by atoms with Crippen LogP contribution in [0.4, 0.5) is 0 Å². The molecule has 8 atom stereocenters. The van der Waals surface area contributed by atoms with Crippen LogP contribution in [0.15, 0.2) is 72.8 Å². The molecule has 0 radical (unpaired) electrons. The molecule has 0 fully saturated rings. The maximum Gasteiger partial charge on any atom is 0.200 e. The Kier molecular flexibility index (Phi) is 9.58. The normalized spacial score (nSPS) is 23.4. The lowest BCUT2D eigenvalue weighted by Crippen LogP contribution is -2.39. The maximum absolute atomic E-state index is 12.5. The summed E-state index contributed by atoms with van der Waals surface area (Å²) >= 11 is 0. The fraction of sp³-hybridized carbons (Fsp3) is 0.200. The lowest BCUT2D eigenvalue weighted by Gasteiger charge is -2.43. The molecule has 0 aromatic heterocycles. The van der Waals surface area contributed by atoms with Gasteiger partial charge in [0, 0.05) is 64.1 Å². The van der Waals surface area contributed by atoms with E-state index in [9.17, 15) is 81.7 Å². The summed E-state index contributed by atoms with van der Waals surface area (Å²) in [5.74, 6) is -13.5. The molecule has 0 saturated heterocycles. The summed E-state index contributed by atoms with van der Waals surface area (Å²) in [6.45, 7) is 0. The van der Waals surface area contributed by atoms with Gasteiger partial charge in [0.25, 0.3) is 0 Å². The second-order valence-electron chi connectivity index (χ2n) is 15.8. The fourth-order valence-electron chi connectivity index (χ4n) is 9.01. The Hall–Kier alpha value is -8.00. The molecule has 3 aliphatic rings. The van der Waals surface area contributed by atoms with Crippen molar-refractivity contribution in [3.8, 4) is 92.0 Å². The first-order valence-corrected chi connectivity index (χ1v) is 19.4. The molecule has 0 amide bonds. The van der Waals surface area contributed by atoms with Crippen molar-refractivity contribution in [2.75, 3.05) is 0 Å².